The second-order valence-electron chi connectivity index (χ2n) is 6.75. The average Bonchev–Trinajstić information content (AvgIpc) is 3.27. The molecule has 0 saturated carbocycles. The number of hydrogen-bond donors (Lipinski definition) is 2. The zero-order valence-electron chi connectivity index (χ0n) is 16.8. The van der Waals surface area contributed by atoms with E-state index in [4.69, 9.17) is 16.1 Å². The molecule has 0 fully saturated rings. The number of aryl methyl sites for hydroxylation is 3. The molecule has 3 aromatic rings. The van der Waals surface area contributed by atoms with Crippen LogP contribution in [-0.2, 0) is 20.0 Å². The molecule has 9 nitrogen and oxygen atoms in total. The fourth-order valence-corrected chi connectivity index (χ4v) is 7.46. The van der Waals surface area contributed by atoms with Gasteiger partial charge in [-0.15, -0.1) is 11.3 Å². The maximum atomic E-state index is 13.1. The number of thiophene rings is 1. The third-order valence-corrected chi connectivity index (χ3v) is 9.15. The lowest BCUT2D eigenvalue weighted by Gasteiger charge is -2.15. The van der Waals surface area contributed by atoms with Crippen LogP contribution >= 0.6 is 22.9 Å². The van der Waals surface area contributed by atoms with Gasteiger partial charge in [0.2, 0.25) is 0 Å². The van der Waals surface area contributed by atoms with E-state index in [0.29, 0.717) is 16.9 Å². The number of nitrogens with one attached hydrogen (secondary N) is 2. The van der Waals surface area contributed by atoms with Crippen LogP contribution in [0.5, 0.6) is 0 Å². The fourth-order valence-electron chi connectivity index (χ4n) is 2.84. The smallest absolute Gasteiger partial charge is 0.272 e. The average molecular weight is 504 g/mol. The van der Waals surface area contributed by atoms with Crippen LogP contribution in [0, 0.1) is 20.8 Å². The number of Topliss-reactive ketones (excluding diaryl/α,β-unsaturated/α-hetero) is 1. The minimum absolute atomic E-state index is 0.0392. The molecule has 166 valence electrons. The highest BCUT2D eigenvalue weighted by Gasteiger charge is 2.31. The zero-order valence-corrected chi connectivity index (χ0v) is 20.0. The van der Waals surface area contributed by atoms with Crippen molar-refractivity contribution in [1.82, 2.24) is 5.16 Å². The number of hydrogen-bond acceptors (Lipinski definition) is 8. The minimum atomic E-state index is -4.37. The number of halogens is 1. The summed E-state index contributed by atoms with van der Waals surface area (Å²) in [6.45, 7) is 6.27. The van der Waals surface area contributed by atoms with Crippen molar-refractivity contribution in [1.29, 1.82) is 0 Å². The summed E-state index contributed by atoms with van der Waals surface area (Å²) in [5.41, 5.74) is 1.86. The first-order valence-corrected chi connectivity index (χ1v) is 12.9. The molecule has 31 heavy (non-hydrogen) atoms. The molecule has 2 aromatic heterocycles. The van der Waals surface area contributed by atoms with Gasteiger partial charge in [0.15, 0.2) is 9.99 Å². The molecular weight excluding hydrogens is 486 g/mol. The predicted molar refractivity (Wildman–Crippen MR) is 118 cm³/mol. The summed E-state index contributed by atoms with van der Waals surface area (Å²) in [6.07, 6.45) is 0. The number of nitrogens with zero attached hydrogens (tertiary/aromatic N) is 1. The van der Waals surface area contributed by atoms with Crippen LogP contribution in [0.3, 0.4) is 0 Å². The van der Waals surface area contributed by atoms with Crippen molar-refractivity contribution >= 4 is 60.3 Å². The van der Waals surface area contributed by atoms with E-state index in [2.05, 4.69) is 14.6 Å². The van der Waals surface area contributed by atoms with Crippen LogP contribution < -0.4 is 9.44 Å². The molecule has 0 unspecified atom stereocenters. The number of carbonyl (C=O) groups excluding carboxylic acids is 1. The van der Waals surface area contributed by atoms with Gasteiger partial charge >= 0.3 is 0 Å². The summed E-state index contributed by atoms with van der Waals surface area (Å²) in [7, 11) is -8.73. The van der Waals surface area contributed by atoms with Crippen molar-refractivity contribution in [2.75, 3.05) is 9.44 Å². The van der Waals surface area contributed by atoms with Crippen molar-refractivity contribution in [3.8, 4) is 0 Å². The third-order valence-electron chi connectivity index (χ3n) is 4.24. The molecule has 13 heteroatoms. The van der Waals surface area contributed by atoms with Gasteiger partial charge in [-0.3, -0.25) is 9.52 Å². The highest BCUT2D eigenvalue weighted by molar-refractivity contribution is 7.97. The second-order valence-corrected chi connectivity index (χ2v) is 11.6. The largest absolute Gasteiger partial charge is 0.336 e. The van der Waals surface area contributed by atoms with Gasteiger partial charge in [0, 0.05) is 5.56 Å². The van der Waals surface area contributed by atoms with Gasteiger partial charge in [-0.1, -0.05) is 22.8 Å². The first-order valence-electron chi connectivity index (χ1n) is 8.70. The van der Waals surface area contributed by atoms with E-state index in [1.807, 2.05) is 0 Å². The lowest BCUT2D eigenvalue weighted by atomic mass is 10.0. The summed E-state index contributed by atoms with van der Waals surface area (Å²) >= 11 is 6.66. The summed E-state index contributed by atoms with van der Waals surface area (Å²) in [5.74, 6) is -0.657. The Morgan fingerprint density at radius 1 is 1.10 bits per heavy atom. The maximum absolute atomic E-state index is 13.1. The summed E-state index contributed by atoms with van der Waals surface area (Å²) in [6, 6.07) is 4.42. The Morgan fingerprint density at radius 3 is 2.35 bits per heavy atom. The van der Waals surface area contributed by atoms with E-state index in [1.54, 1.807) is 26.0 Å². The highest BCUT2D eigenvalue weighted by Crippen LogP contribution is 2.34. The van der Waals surface area contributed by atoms with E-state index in [1.165, 1.54) is 19.2 Å². The summed E-state index contributed by atoms with van der Waals surface area (Å²) in [5, 5.41) is 4.84. The molecular formula is C18H18ClN3O6S3. The Labute approximate surface area is 188 Å². The van der Waals surface area contributed by atoms with E-state index >= 15 is 0 Å². The van der Waals surface area contributed by atoms with Gasteiger partial charge in [0.05, 0.1) is 5.69 Å². The Hall–Kier alpha value is -2.41. The van der Waals surface area contributed by atoms with Crippen LogP contribution in [0.15, 0.2) is 37.2 Å². The van der Waals surface area contributed by atoms with Crippen LogP contribution in [0.1, 0.15) is 34.1 Å². The molecule has 0 amide bonds. The molecule has 2 heterocycles. The van der Waals surface area contributed by atoms with Gasteiger partial charge in [-0.2, -0.15) is 0 Å². The molecule has 0 aliphatic carbocycles. The van der Waals surface area contributed by atoms with Gasteiger partial charge in [-0.25, -0.2) is 21.6 Å². The van der Waals surface area contributed by atoms with E-state index < -0.39 is 29.2 Å². The summed E-state index contributed by atoms with van der Waals surface area (Å²) in [4.78, 5) is 11.5. The van der Waals surface area contributed by atoms with Gasteiger partial charge in [-0.05, 0) is 56.3 Å². The Bertz CT molecular complexity index is 1390. The fraction of sp³-hybridized carbons (Fsp3) is 0.222. The van der Waals surface area contributed by atoms with Crippen molar-refractivity contribution in [2.24, 2.45) is 0 Å². The molecule has 0 aliphatic heterocycles. The number of anilines is 2. The molecule has 0 aliphatic rings. The quantitative estimate of drug-likeness (QED) is 0.463. The Kier molecular flexibility index (Phi) is 6.20. The molecule has 0 atom stereocenters. The minimum Gasteiger partial charge on any atom is -0.336 e. The van der Waals surface area contributed by atoms with Crippen molar-refractivity contribution in [3.05, 3.63) is 51.0 Å². The normalized spacial score (nSPS) is 12.0. The predicted octanol–water partition coefficient (Wildman–Crippen LogP) is 4.12. The SMILES string of the molecule is CC(=O)c1cc(C)cc(C)c1NS(=O)(=O)c1sccc1S(=O)(=O)Nc1onc(C)c1Cl. The van der Waals surface area contributed by atoms with E-state index in [9.17, 15) is 21.6 Å². The lowest BCUT2D eigenvalue weighted by molar-refractivity contribution is 0.101. The molecule has 0 radical (unpaired) electrons. The second kappa shape index (κ2) is 8.26. The van der Waals surface area contributed by atoms with Crippen molar-refractivity contribution in [2.45, 2.75) is 36.8 Å². The Morgan fingerprint density at radius 2 is 1.77 bits per heavy atom. The highest BCUT2D eigenvalue weighted by atomic mass is 35.5. The van der Waals surface area contributed by atoms with E-state index in [-0.39, 0.29) is 33.6 Å². The monoisotopic (exact) mass is 503 g/mol. The molecule has 0 bridgehead atoms. The number of benzene rings is 1. The first kappa shape index (κ1) is 23.3. The topological polar surface area (TPSA) is 135 Å². The standard InChI is InChI=1S/C18H18ClN3O6S3/c1-9-7-10(2)16(13(8-9)12(4)23)21-31(26,27)18-14(5-6-29-18)30(24,25)22-17-15(19)11(3)20-28-17/h5-8,21-22H,1-4H3. The van der Waals surface area contributed by atoms with Crippen molar-refractivity contribution in [3.63, 3.8) is 0 Å². The lowest BCUT2D eigenvalue weighted by Crippen LogP contribution is -2.20. The van der Waals surface area contributed by atoms with Crippen molar-refractivity contribution < 1.29 is 26.2 Å². The van der Waals surface area contributed by atoms with Gasteiger partial charge < -0.3 is 4.52 Å². The van der Waals surface area contributed by atoms with E-state index in [0.717, 1.165) is 11.6 Å². The first-order chi connectivity index (χ1) is 14.3. The van der Waals surface area contributed by atoms with Gasteiger partial charge in [0.1, 0.15) is 15.6 Å². The number of aromatic nitrogens is 1. The van der Waals surface area contributed by atoms with Crippen LogP contribution in [0.2, 0.25) is 5.02 Å². The molecule has 2 N–H and O–H groups in total. The summed E-state index contributed by atoms with van der Waals surface area (Å²) < 4.78 is 60.7. The van der Waals surface area contributed by atoms with Crippen LogP contribution in [0.4, 0.5) is 11.6 Å². The molecule has 1 aromatic carbocycles. The number of carbonyl (C=O) groups is 1. The Balaban J connectivity index is 2.03. The number of ketones is 1. The third kappa shape index (κ3) is 4.61. The zero-order chi connectivity index (χ0) is 23.1. The molecule has 0 saturated heterocycles. The van der Waals surface area contributed by atoms with Crippen LogP contribution in [0.25, 0.3) is 0 Å². The number of sulfonamides is 2. The molecule has 0 spiro atoms. The van der Waals surface area contributed by atoms with Gasteiger partial charge in [0.25, 0.3) is 25.9 Å². The number of rotatable bonds is 7. The molecule has 3 rings (SSSR count). The maximum Gasteiger partial charge on any atom is 0.272 e. The van der Waals surface area contributed by atoms with Crippen LogP contribution in [-0.4, -0.2) is 27.8 Å².